The van der Waals surface area contributed by atoms with E-state index in [2.05, 4.69) is 72.5 Å². The highest BCUT2D eigenvalue weighted by molar-refractivity contribution is 5.89. The molecule has 0 bridgehead atoms. The average Bonchev–Trinajstić information content (AvgIpc) is 3.12. The number of hydrogen-bond acceptors (Lipinski definition) is 3. The van der Waals surface area contributed by atoms with Crippen LogP contribution in [-0.4, -0.2) is 42.9 Å². The van der Waals surface area contributed by atoms with Gasteiger partial charge in [0.15, 0.2) is 0 Å². The number of ether oxygens (including phenoxy) is 1. The lowest BCUT2D eigenvalue weighted by Crippen LogP contribution is -2.36. The lowest BCUT2D eigenvalue weighted by Gasteiger charge is -2.26. The number of morpholine rings is 1. The van der Waals surface area contributed by atoms with Crippen molar-refractivity contribution in [3.63, 3.8) is 0 Å². The van der Waals surface area contributed by atoms with Gasteiger partial charge in [0.05, 0.1) is 13.2 Å². The second-order valence-corrected chi connectivity index (χ2v) is 9.20. The fourth-order valence-corrected chi connectivity index (χ4v) is 5.40. The van der Waals surface area contributed by atoms with E-state index in [0.29, 0.717) is 6.42 Å². The molecule has 3 heteroatoms. The van der Waals surface area contributed by atoms with Gasteiger partial charge in [-0.1, -0.05) is 74.0 Å². The van der Waals surface area contributed by atoms with E-state index in [9.17, 15) is 5.11 Å². The van der Waals surface area contributed by atoms with Gasteiger partial charge in [-0.3, -0.25) is 4.90 Å². The molecule has 3 aromatic rings. The monoisotopic (exact) mass is 427 g/mol. The van der Waals surface area contributed by atoms with Crippen molar-refractivity contribution in [1.82, 2.24) is 4.90 Å². The van der Waals surface area contributed by atoms with Crippen LogP contribution in [0.15, 0.2) is 66.7 Å². The molecule has 1 aliphatic heterocycles. The maximum Gasteiger partial charge on any atom is 0.113 e. The van der Waals surface area contributed by atoms with Crippen LogP contribution >= 0.6 is 0 Å². The van der Waals surface area contributed by atoms with Crippen LogP contribution in [0.3, 0.4) is 0 Å². The van der Waals surface area contributed by atoms with Crippen LogP contribution in [0.5, 0.6) is 0 Å². The molecule has 2 aliphatic rings. The standard InChI is InChI=1S/C29H33NO2/c1-2-7-22-12-13-23(26-9-4-3-8-25(22)26)20-29(31)21-24(27-10-5-6-11-28(27)29)14-15-30-16-18-32-19-17-30/h3-6,8-13,21,31H,2,7,14-20H2,1H3. The molecule has 5 rings (SSSR count). The van der Waals surface area contributed by atoms with Gasteiger partial charge in [-0.2, -0.15) is 0 Å². The highest BCUT2D eigenvalue weighted by Gasteiger charge is 2.36. The molecule has 0 saturated carbocycles. The third kappa shape index (κ3) is 4.13. The third-order valence-corrected chi connectivity index (χ3v) is 7.04. The summed E-state index contributed by atoms with van der Waals surface area (Å²) in [5, 5.41) is 14.5. The summed E-state index contributed by atoms with van der Waals surface area (Å²) in [4.78, 5) is 2.46. The Morgan fingerprint density at radius 2 is 1.56 bits per heavy atom. The Labute approximate surface area is 191 Å². The zero-order valence-electron chi connectivity index (χ0n) is 19.0. The molecule has 1 heterocycles. The first-order chi connectivity index (χ1) is 15.7. The quantitative estimate of drug-likeness (QED) is 0.552. The molecule has 3 aromatic carbocycles. The minimum atomic E-state index is -0.966. The van der Waals surface area contributed by atoms with Crippen molar-refractivity contribution < 1.29 is 9.84 Å². The van der Waals surface area contributed by atoms with Crippen molar-refractivity contribution >= 4 is 16.3 Å². The van der Waals surface area contributed by atoms with E-state index in [0.717, 1.165) is 57.7 Å². The highest BCUT2D eigenvalue weighted by Crippen LogP contribution is 2.43. The van der Waals surface area contributed by atoms with Crippen molar-refractivity contribution in [2.75, 3.05) is 32.8 Å². The molecule has 166 valence electrons. The van der Waals surface area contributed by atoms with Gasteiger partial charge in [-0.15, -0.1) is 0 Å². The van der Waals surface area contributed by atoms with Crippen molar-refractivity contribution in [2.24, 2.45) is 0 Å². The van der Waals surface area contributed by atoms with E-state index in [4.69, 9.17) is 4.74 Å². The summed E-state index contributed by atoms with van der Waals surface area (Å²) >= 11 is 0. The molecule has 32 heavy (non-hydrogen) atoms. The van der Waals surface area contributed by atoms with Gasteiger partial charge in [0.2, 0.25) is 0 Å². The molecule has 3 nitrogen and oxygen atoms in total. The normalized spacial score (nSPS) is 21.0. The molecular weight excluding hydrogens is 394 g/mol. The SMILES string of the molecule is CCCc1ccc(CC2(O)C=C(CCN3CCOCC3)c3ccccc32)c2ccccc12. The van der Waals surface area contributed by atoms with Gasteiger partial charge in [0, 0.05) is 26.1 Å². The molecule has 0 aromatic heterocycles. The molecule has 1 atom stereocenters. The van der Waals surface area contributed by atoms with Gasteiger partial charge in [0.1, 0.15) is 5.60 Å². The second kappa shape index (κ2) is 9.19. The number of benzene rings is 3. The molecule has 1 N–H and O–H groups in total. The lowest BCUT2D eigenvalue weighted by atomic mass is 9.86. The summed E-state index contributed by atoms with van der Waals surface area (Å²) in [7, 11) is 0. The molecule has 0 amide bonds. The van der Waals surface area contributed by atoms with Crippen LogP contribution in [0.1, 0.15) is 42.0 Å². The summed E-state index contributed by atoms with van der Waals surface area (Å²) in [6.07, 6.45) is 5.90. The predicted octanol–water partition coefficient (Wildman–Crippen LogP) is 5.34. The van der Waals surface area contributed by atoms with Crippen LogP contribution < -0.4 is 0 Å². The van der Waals surface area contributed by atoms with Crippen LogP contribution in [0, 0.1) is 0 Å². The van der Waals surface area contributed by atoms with Gasteiger partial charge >= 0.3 is 0 Å². The Morgan fingerprint density at radius 3 is 2.34 bits per heavy atom. The number of rotatable bonds is 7. The summed E-state index contributed by atoms with van der Waals surface area (Å²) < 4.78 is 5.49. The largest absolute Gasteiger partial charge is 0.381 e. The van der Waals surface area contributed by atoms with Gasteiger partial charge in [-0.25, -0.2) is 0 Å². The fraction of sp³-hybridized carbons (Fsp3) is 0.379. The summed E-state index contributed by atoms with van der Waals surface area (Å²) in [6, 6.07) is 21.5. The Hall–Kier alpha value is -2.46. The van der Waals surface area contributed by atoms with Crippen LogP contribution in [-0.2, 0) is 23.2 Å². The molecule has 0 spiro atoms. The van der Waals surface area contributed by atoms with Crippen molar-refractivity contribution in [1.29, 1.82) is 0 Å². The van der Waals surface area contributed by atoms with Crippen LogP contribution in [0.4, 0.5) is 0 Å². The van der Waals surface area contributed by atoms with Gasteiger partial charge in [0.25, 0.3) is 0 Å². The van der Waals surface area contributed by atoms with Crippen molar-refractivity contribution in [2.45, 2.75) is 38.2 Å². The molecular formula is C29H33NO2. The fourth-order valence-electron chi connectivity index (χ4n) is 5.40. The molecule has 1 aliphatic carbocycles. The second-order valence-electron chi connectivity index (χ2n) is 9.20. The number of aliphatic hydroxyl groups is 1. The van der Waals surface area contributed by atoms with E-state index in [1.807, 2.05) is 6.07 Å². The van der Waals surface area contributed by atoms with E-state index in [-0.39, 0.29) is 0 Å². The van der Waals surface area contributed by atoms with E-state index in [1.54, 1.807) is 0 Å². The number of aryl methyl sites for hydroxylation is 1. The molecule has 1 fully saturated rings. The van der Waals surface area contributed by atoms with E-state index >= 15 is 0 Å². The molecule has 1 saturated heterocycles. The third-order valence-electron chi connectivity index (χ3n) is 7.04. The Morgan fingerprint density at radius 1 is 0.875 bits per heavy atom. The molecule has 1 unspecified atom stereocenters. The maximum atomic E-state index is 11.9. The first-order valence-corrected chi connectivity index (χ1v) is 12.0. The Bertz CT molecular complexity index is 1130. The summed E-state index contributed by atoms with van der Waals surface area (Å²) in [5.41, 5.74) is 5.15. The topological polar surface area (TPSA) is 32.7 Å². The summed E-state index contributed by atoms with van der Waals surface area (Å²) in [6.45, 7) is 6.87. The predicted molar refractivity (Wildman–Crippen MR) is 132 cm³/mol. The van der Waals surface area contributed by atoms with Crippen molar-refractivity contribution in [3.8, 4) is 0 Å². The van der Waals surface area contributed by atoms with E-state index < -0.39 is 5.60 Å². The minimum Gasteiger partial charge on any atom is -0.381 e. The minimum absolute atomic E-state index is 0.595. The van der Waals surface area contributed by atoms with Crippen LogP contribution in [0.25, 0.3) is 16.3 Å². The number of nitrogens with zero attached hydrogens (tertiary/aromatic N) is 1. The molecule has 0 radical (unpaired) electrons. The van der Waals surface area contributed by atoms with Gasteiger partial charge in [-0.05, 0) is 57.5 Å². The van der Waals surface area contributed by atoms with E-state index in [1.165, 1.54) is 33.0 Å². The Kier molecular flexibility index (Phi) is 6.14. The highest BCUT2D eigenvalue weighted by atomic mass is 16.5. The van der Waals surface area contributed by atoms with Gasteiger partial charge < -0.3 is 9.84 Å². The van der Waals surface area contributed by atoms with Crippen LogP contribution in [0.2, 0.25) is 0 Å². The number of hydrogen-bond donors (Lipinski definition) is 1. The van der Waals surface area contributed by atoms with Crippen molar-refractivity contribution in [3.05, 3.63) is 89.0 Å². The Balaban J connectivity index is 1.46. The first kappa shape index (κ1) is 21.4. The average molecular weight is 428 g/mol. The number of fused-ring (bicyclic) bond motifs is 2. The summed E-state index contributed by atoms with van der Waals surface area (Å²) in [5.74, 6) is 0. The first-order valence-electron chi connectivity index (χ1n) is 12.0. The lowest BCUT2D eigenvalue weighted by molar-refractivity contribution is 0.0389. The smallest absolute Gasteiger partial charge is 0.113 e. The zero-order valence-corrected chi connectivity index (χ0v) is 19.0. The zero-order chi connectivity index (χ0) is 22.0. The maximum absolute atomic E-state index is 11.9.